The Morgan fingerprint density at radius 1 is 1.53 bits per heavy atom. The second-order valence-electron chi connectivity index (χ2n) is 5.51. The smallest absolute Gasteiger partial charge is 0.0941 e. The molecule has 1 aliphatic heterocycles. The highest BCUT2D eigenvalue weighted by atomic mass is 35.5. The van der Waals surface area contributed by atoms with E-state index in [1.807, 2.05) is 23.5 Å². The van der Waals surface area contributed by atoms with E-state index >= 15 is 0 Å². The number of thiazole rings is 1. The van der Waals surface area contributed by atoms with Gasteiger partial charge in [0.2, 0.25) is 0 Å². The molecule has 2 nitrogen and oxygen atoms in total. The van der Waals surface area contributed by atoms with Crippen LogP contribution in [0.3, 0.4) is 0 Å². The normalized spacial score (nSPS) is 21.7. The van der Waals surface area contributed by atoms with E-state index in [4.69, 9.17) is 16.6 Å². The summed E-state index contributed by atoms with van der Waals surface area (Å²) in [7, 11) is 0. The van der Waals surface area contributed by atoms with E-state index in [2.05, 4.69) is 18.3 Å². The van der Waals surface area contributed by atoms with Crippen molar-refractivity contribution in [2.75, 3.05) is 13.1 Å². The van der Waals surface area contributed by atoms with Gasteiger partial charge in [0.1, 0.15) is 0 Å². The number of fused-ring (bicyclic) bond motifs is 1. The summed E-state index contributed by atoms with van der Waals surface area (Å²) in [6.45, 7) is 4.71. The van der Waals surface area contributed by atoms with Gasteiger partial charge in [0.05, 0.1) is 15.2 Å². The van der Waals surface area contributed by atoms with E-state index in [1.54, 1.807) is 0 Å². The van der Waals surface area contributed by atoms with Crippen molar-refractivity contribution in [1.82, 2.24) is 10.3 Å². The molecule has 0 aliphatic carbocycles. The van der Waals surface area contributed by atoms with Crippen molar-refractivity contribution in [2.45, 2.75) is 26.2 Å². The van der Waals surface area contributed by atoms with Crippen LogP contribution in [0.15, 0.2) is 18.2 Å². The molecule has 0 spiro atoms. The fraction of sp³-hybridized carbons (Fsp3) is 0.533. The zero-order chi connectivity index (χ0) is 13.2. The third-order valence-corrected chi connectivity index (χ3v) is 5.32. The SMILES string of the molecule is CC(Cc1nc2cc(Cl)ccc2s1)C1CCCNC1. The molecule has 3 rings (SSSR count). The molecule has 1 aromatic heterocycles. The number of halogens is 1. The van der Waals surface area contributed by atoms with Gasteiger partial charge < -0.3 is 5.32 Å². The molecule has 1 N–H and O–H groups in total. The molecule has 4 heteroatoms. The van der Waals surface area contributed by atoms with Crippen molar-refractivity contribution in [2.24, 2.45) is 11.8 Å². The molecule has 2 aromatic rings. The second-order valence-corrected chi connectivity index (χ2v) is 7.06. The molecular weight excluding hydrogens is 276 g/mol. The van der Waals surface area contributed by atoms with E-state index < -0.39 is 0 Å². The van der Waals surface area contributed by atoms with Crippen molar-refractivity contribution in [3.8, 4) is 0 Å². The Kier molecular flexibility index (Phi) is 4.06. The maximum Gasteiger partial charge on any atom is 0.0941 e. The van der Waals surface area contributed by atoms with Crippen LogP contribution in [0.5, 0.6) is 0 Å². The Bertz CT molecular complexity index is 560. The highest BCUT2D eigenvalue weighted by molar-refractivity contribution is 7.18. The van der Waals surface area contributed by atoms with Crippen LogP contribution in [0.4, 0.5) is 0 Å². The number of piperidine rings is 1. The summed E-state index contributed by atoms with van der Waals surface area (Å²) in [5.41, 5.74) is 1.04. The fourth-order valence-corrected chi connectivity index (χ4v) is 4.10. The maximum atomic E-state index is 6.01. The van der Waals surface area contributed by atoms with Gasteiger partial charge in [-0.05, 0) is 56.0 Å². The van der Waals surface area contributed by atoms with Crippen LogP contribution in [0, 0.1) is 11.8 Å². The number of hydrogen-bond donors (Lipinski definition) is 1. The zero-order valence-electron chi connectivity index (χ0n) is 11.2. The molecule has 2 heterocycles. The Labute approximate surface area is 123 Å². The first-order chi connectivity index (χ1) is 9.22. The molecule has 102 valence electrons. The zero-order valence-corrected chi connectivity index (χ0v) is 12.7. The first-order valence-corrected chi connectivity index (χ1v) is 8.17. The standard InChI is InChI=1S/C15H19ClN2S/c1-10(11-3-2-6-17-9-11)7-15-18-13-8-12(16)4-5-14(13)19-15/h4-5,8,10-11,17H,2-3,6-7,9H2,1H3. The molecular formula is C15H19ClN2S. The number of nitrogens with zero attached hydrogens (tertiary/aromatic N) is 1. The molecule has 1 aliphatic rings. The highest BCUT2D eigenvalue weighted by Crippen LogP contribution is 2.29. The lowest BCUT2D eigenvalue weighted by molar-refractivity contribution is 0.279. The van der Waals surface area contributed by atoms with Gasteiger partial charge in [-0.25, -0.2) is 4.98 Å². The Morgan fingerprint density at radius 3 is 3.21 bits per heavy atom. The first kappa shape index (κ1) is 13.3. The largest absolute Gasteiger partial charge is 0.316 e. The average Bonchev–Trinajstić information content (AvgIpc) is 2.81. The highest BCUT2D eigenvalue weighted by Gasteiger charge is 2.21. The van der Waals surface area contributed by atoms with Crippen molar-refractivity contribution >= 4 is 33.2 Å². The third-order valence-electron chi connectivity index (χ3n) is 4.03. The molecule has 0 bridgehead atoms. The van der Waals surface area contributed by atoms with Gasteiger partial charge in [-0.3, -0.25) is 0 Å². The van der Waals surface area contributed by atoms with E-state index in [1.165, 1.54) is 29.1 Å². The van der Waals surface area contributed by atoms with Crippen molar-refractivity contribution in [1.29, 1.82) is 0 Å². The van der Waals surface area contributed by atoms with Crippen LogP contribution in [0.25, 0.3) is 10.2 Å². The van der Waals surface area contributed by atoms with Crippen LogP contribution in [0.2, 0.25) is 5.02 Å². The topological polar surface area (TPSA) is 24.9 Å². The molecule has 0 radical (unpaired) electrons. The summed E-state index contributed by atoms with van der Waals surface area (Å²) in [6, 6.07) is 5.98. The fourth-order valence-electron chi connectivity index (χ4n) is 2.84. The monoisotopic (exact) mass is 294 g/mol. The summed E-state index contributed by atoms with van der Waals surface area (Å²) >= 11 is 7.82. The first-order valence-electron chi connectivity index (χ1n) is 6.98. The summed E-state index contributed by atoms with van der Waals surface area (Å²) < 4.78 is 1.24. The summed E-state index contributed by atoms with van der Waals surface area (Å²) in [5, 5.41) is 5.52. The Hall–Kier alpha value is -0.640. The van der Waals surface area contributed by atoms with Gasteiger partial charge in [-0.15, -0.1) is 11.3 Å². The second kappa shape index (κ2) is 5.78. The van der Waals surface area contributed by atoms with E-state index in [9.17, 15) is 0 Å². The van der Waals surface area contributed by atoms with E-state index in [0.29, 0.717) is 5.92 Å². The predicted molar refractivity (Wildman–Crippen MR) is 83.1 cm³/mol. The third kappa shape index (κ3) is 3.10. The van der Waals surface area contributed by atoms with E-state index in [-0.39, 0.29) is 0 Å². The van der Waals surface area contributed by atoms with Crippen LogP contribution in [-0.4, -0.2) is 18.1 Å². The molecule has 2 unspecified atom stereocenters. The molecule has 1 fully saturated rings. The summed E-state index contributed by atoms with van der Waals surface area (Å²) in [6.07, 6.45) is 3.75. The minimum absolute atomic E-state index is 0.698. The minimum atomic E-state index is 0.698. The lowest BCUT2D eigenvalue weighted by Gasteiger charge is -2.27. The minimum Gasteiger partial charge on any atom is -0.316 e. The quantitative estimate of drug-likeness (QED) is 0.921. The van der Waals surface area contributed by atoms with Gasteiger partial charge in [0.25, 0.3) is 0 Å². The van der Waals surface area contributed by atoms with Crippen molar-refractivity contribution < 1.29 is 0 Å². The van der Waals surface area contributed by atoms with Crippen molar-refractivity contribution in [3.05, 3.63) is 28.2 Å². The van der Waals surface area contributed by atoms with Crippen LogP contribution in [-0.2, 0) is 6.42 Å². The summed E-state index contributed by atoms with van der Waals surface area (Å²) in [5.74, 6) is 1.49. The van der Waals surface area contributed by atoms with Gasteiger partial charge in [0, 0.05) is 11.4 Å². The molecule has 19 heavy (non-hydrogen) atoms. The number of aromatic nitrogens is 1. The van der Waals surface area contributed by atoms with Gasteiger partial charge in [-0.1, -0.05) is 18.5 Å². The van der Waals surface area contributed by atoms with E-state index in [0.717, 1.165) is 29.4 Å². The number of benzene rings is 1. The summed E-state index contributed by atoms with van der Waals surface area (Å²) in [4.78, 5) is 4.72. The Morgan fingerprint density at radius 2 is 2.42 bits per heavy atom. The van der Waals surface area contributed by atoms with Crippen LogP contribution in [0.1, 0.15) is 24.8 Å². The Balaban J connectivity index is 1.73. The number of nitrogens with one attached hydrogen (secondary N) is 1. The number of rotatable bonds is 3. The molecule has 0 amide bonds. The number of hydrogen-bond acceptors (Lipinski definition) is 3. The van der Waals surface area contributed by atoms with Gasteiger partial charge in [-0.2, -0.15) is 0 Å². The van der Waals surface area contributed by atoms with Crippen LogP contribution >= 0.6 is 22.9 Å². The molecule has 2 atom stereocenters. The maximum absolute atomic E-state index is 6.01. The molecule has 1 saturated heterocycles. The average molecular weight is 295 g/mol. The van der Waals surface area contributed by atoms with Gasteiger partial charge >= 0.3 is 0 Å². The molecule has 1 aromatic carbocycles. The lowest BCUT2D eigenvalue weighted by atomic mass is 9.86. The van der Waals surface area contributed by atoms with Gasteiger partial charge in [0.15, 0.2) is 0 Å². The predicted octanol–water partition coefficient (Wildman–Crippen LogP) is 4.13. The molecule has 0 saturated carbocycles. The van der Waals surface area contributed by atoms with Crippen LogP contribution < -0.4 is 5.32 Å². The van der Waals surface area contributed by atoms with Crippen molar-refractivity contribution in [3.63, 3.8) is 0 Å². The lowest BCUT2D eigenvalue weighted by Crippen LogP contribution is -2.33.